The van der Waals surface area contributed by atoms with Gasteiger partial charge < -0.3 is 14.9 Å². The van der Waals surface area contributed by atoms with E-state index in [1.54, 1.807) is 19.2 Å². The fraction of sp³-hybridized carbons (Fsp3) is 0.444. The number of hydrogen-bond acceptors (Lipinski definition) is 5. The van der Waals surface area contributed by atoms with E-state index in [1.807, 2.05) is 41.2 Å². The molecule has 0 bridgehead atoms. The Hall–Kier alpha value is -1.76. The number of rotatable bonds is 5. The maximum atomic E-state index is 11.6. The second-order valence-electron chi connectivity index (χ2n) is 6.58. The summed E-state index contributed by atoms with van der Waals surface area (Å²) in [5.41, 5.74) is 0.523. The van der Waals surface area contributed by atoms with Crippen LogP contribution in [0.3, 0.4) is 0 Å². The molecular weight excluding hydrogens is 301 g/mol. The molecule has 2 aromatic heterocycles. The maximum absolute atomic E-state index is 11.6. The standard InChI is InChI=1S/C18H24BN3O2/c1-19(24)22-12-8-15(9-13-22)18(23,17-7-3-5-11-21-17)14-16-6-2-4-10-20-16/h2-7,10-11,15,23-24H,8-9,12-14H2,1H3. The lowest BCUT2D eigenvalue weighted by atomic mass is 9.72. The number of nitrogens with zero attached hydrogens (tertiary/aromatic N) is 3. The number of aliphatic hydroxyl groups is 1. The van der Waals surface area contributed by atoms with Crippen LogP contribution in [0.5, 0.6) is 0 Å². The predicted octanol–water partition coefficient (Wildman–Crippen LogP) is 1.73. The molecule has 2 N–H and O–H groups in total. The van der Waals surface area contributed by atoms with Crippen LogP contribution < -0.4 is 0 Å². The first-order valence-corrected chi connectivity index (χ1v) is 8.55. The van der Waals surface area contributed by atoms with Crippen molar-refractivity contribution in [3.63, 3.8) is 0 Å². The smallest absolute Gasteiger partial charge is 0.376 e. The SMILES string of the molecule is CB(O)N1CCC(C(O)(Cc2ccccn2)c2ccccn2)CC1. The highest BCUT2D eigenvalue weighted by Gasteiger charge is 2.42. The van der Waals surface area contributed by atoms with Crippen LogP contribution >= 0.6 is 0 Å². The molecule has 1 saturated heterocycles. The van der Waals surface area contributed by atoms with Crippen LogP contribution in [-0.4, -0.2) is 45.0 Å². The summed E-state index contributed by atoms with van der Waals surface area (Å²) in [6, 6.07) is 11.4. The van der Waals surface area contributed by atoms with E-state index in [4.69, 9.17) is 0 Å². The Labute approximate surface area is 143 Å². The van der Waals surface area contributed by atoms with Crippen molar-refractivity contribution >= 4 is 7.05 Å². The van der Waals surface area contributed by atoms with E-state index in [9.17, 15) is 10.1 Å². The summed E-state index contributed by atoms with van der Waals surface area (Å²) >= 11 is 0. The van der Waals surface area contributed by atoms with Crippen molar-refractivity contribution in [2.24, 2.45) is 5.92 Å². The number of hydrogen-bond donors (Lipinski definition) is 2. The third kappa shape index (κ3) is 3.66. The molecule has 6 heteroatoms. The quantitative estimate of drug-likeness (QED) is 0.820. The molecule has 2 aromatic rings. The summed E-state index contributed by atoms with van der Waals surface area (Å²) in [6.45, 7) is 3.35. The molecule has 0 aliphatic carbocycles. The van der Waals surface area contributed by atoms with Crippen LogP contribution in [0.1, 0.15) is 24.2 Å². The molecule has 1 atom stereocenters. The first-order valence-electron chi connectivity index (χ1n) is 8.55. The van der Waals surface area contributed by atoms with E-state index >= 15 is 0 Å². The zero-order chi connectivity index (χ0) is 17.0. The molecule has 1 fully saturated rings. The van der Waals surface area contributed by atoms with Gasteiger partial charge in [-0.2, -0.15) is 0 Å². The Kier molecular flexibility index (Phi) is 5.28. The van der Waals surface area contributed by atoms with Gasteiger partial charge in [0.25, 0.3) is 0 Å². The van der Waals surface area contributed by atoms with Gasteiger partial charge in [0.1, 0.15) is 5.60 Å². The monoisotopic (exact) mass is 325 g/mol. The minimum Gasteiger partial charge on any atom is -0.437 e. The average molecular weight is 325 g/mol. The van der Waals surface area contributed by atoms with Crippen molar-refractivity contribution in [3.05, 3.63) is 60.2 Å². The van der Waals surface area contributed by atoms with Crippen LogP contribution in [-0.2, 0) is 12.0 Å². The maximum Gasteiger partial charge on any atom is 0.376 e. The van der Waals surface area contributed by atoms with Crippen molar-refractivity contribution in [2.45, 2.75) is 31.7 Å². The lowest BCUT2D eigenvalue weighted by molar-refractivity contribution is -0.0474. The van der Waals surface area contributed by atoms with Gasteiger partial charge in [-0.15, -0.1) is 0 Å². The van der Waals surface area contributed by atoms with Crippen LogP contribution in [0.25, 0.3) is 0 Å². The molecule has 1 unspecified atom stereocenters. The molecule has 5 nitrogen and oxygen atoms in total. The molecule has 0 radical (unpaired) electrons. The van der Waals surface area contributed by atoms with E-state index in [-0.39, 0.29) is 5.92 Å². The van der Waals surface area contributed by atoms with Crippen molar-refractivity contribution < 1.29 is 10.1 Å². The van der Waals surface area contributed by atoms with Gasteiger partial charge in [0.2, 0.25) is 0 Å². The van der Waals surface area contributed by atoms with Gasteiger partial charge >= 0.3 is 7.05 Å². The molecule has 0 saturated carbocycles. The predicted molar refractivity (Wildman–Crippen MR) is 94.2 cm³/mol. The summed E-state index contributed by atoms with van der Waals surface area (Å²) in [6.07, 6.45) is 5.58. The molecular formula is C18H24BN3O2. The van der Waals surface area contributed by atoms with Crippen molar-refractivity contribution in [1.82, 2.24) is 14.8 Å². The zero-order valence-corrected chi connectivity index (χ0v) is 14.0. The highest BCUT2D eigenvalue weighted by molar-refractivity contribution is 6.45. The Morgan fingerprint density at radius 3 is 2.33 bits per heavy atom. The summed E-state index contributed by atoms with van der Waals surface area (Å²) in [7, 11) is -0.440. The zero-order valence-electron chi connectivity index (χ0n) is 14.0. The Bertz CT molecular complexity index is 633. The van der Waals surface area contributed by atoms with Gasteiger partial charge in [0, 0.05) is 24.5 Å². The molecule has 3 rings (SSSR count). The summed E-state index contributed by atoms with van der Waals surface area (Å²) in [5.74, 6) is 0.0874. The van der Waals surface area contributed by atoms with Crippen molar-refractivity contribution in [1.29, 1.82) is 0 Å². The largest absolute Gasteiger partial charge is 0.437 e. The van der Waals surface area contributed by atoms with Gasteiger partial charge in [-0.3, -0.25) is 9.97 Å². The van der Waals surface area contributed by atoms with Crippen LogP contribution in [0, 0.1) is 5.92 Å². The number of pyridine rings is 2. The van der Waals surface area contributed by atoms with Gasteiger partial charge in [-0.25, -0.2) is 0 Å². The Balaban J connectivity index is 1.86. The van der Waals surface area contributed by atoms with E-state index < -0.39 is 12.7 Å². The first-order chi connectivity index (χ1) is 11.6. The second kappa shape index (κ2) is 7.42. The molecule has 0 spiro atoms. The van der Waals surface area contributed by atoms with Crippen molar-refractivity contribution in [2.75, 3.05) is 13.1 Å². The first kappa shape index (κ1) is 17.1. The molecule has 24 heavy (non-hydrogen) atoms. The van der Waals surface area contributed by atoms with Gasteiger partial charge in [0.05, 0.1) is 5.69 Å². The third-order valence-electron chi connectivity index (χ3n) is 5.02. The number of aromatic nitrogens is 2. The summed E-state index contributed by atoms with van der Waals surface area (Å²) in [5, 5.41) is 21.4. The number of piperidine rings is 1. The fourth-order valence-electron chi connectivity index (χ4n) is 3.59. The van der Waals surface area contributed by atoms with Crippen LogP contribution in [0.4, 0.5) is 0 Å². The average Bonchev–Trinajstić information content (AvgIpc) is 2.63. The summed E-state index contributed by atoms with van der Waals surface area (Å²) < 4.78 is 0. The molecule has 1 aliphatic rings. The highest BCUT2D eigenvalue weighted by Crippen LogP contribution is 2.38. The Morgan fingerprint density at radius 2 is 1.79 bits per heavy atom. The second-order valence-corrected chi connectivity index (χ2v) is 6.58. The highest BCUT2D eigenvalue weighted by atomic mass is 16.3. The van der Waals surface area contributed by atoms with E-state index in [0.29, 0.717) is 12.1 Å². The fourth-order valence-corrected chi connectivity index (χ4v) is 3.59. The molecule has 1 aliphatic heterocycles. The van der Waals surface area contributed by atoms with Gasteiger partial charge in [0.15, 0.2) is 0 Å². The van der Waals surface area contributed by atoms with E-state index in [0.717, 1.165) is 31.6 Å². The normalized spacial score (nSPS) is 19.0. The topological polar surface area (TPSA) is 69.5 Å². The molecule has 126 valence electrons. The lowest BCUT2D eigenvalue weighted by Gasteiger charge is -2.41. The van der Waals surface area contributed by atoms with Crippen LogP contribution in [0.15, 0.2) is 48.8 Å². The molecule has 3 heterocycles. The van der Waals surface area contributed by atoms with Crippen molar-refractivity contribution in [3.8, 4) is 0 Å². The van der Waals surface area contributed by atoms with Gasteiger partial charge in [-0.1, -0.05) is 12.1 Å². The van der Waals surface area contributed by atoms with Gasteiger partial charge in [-0.05, 0) is 62.9 Å². The molecule has 0 amide bonds. The minimum atomic E-state index is -1.04. The van der Waals surface area contributed by atoms with Crippen LogP contribution in [0.2, 0.25) is 6.82 Å². The lowest BCUT2D eigenvalue weighted by Crippen LogP contribution is -2.49. The van der Waals surface area contributed by atoms with E-state index in [2.05, 4.69) is 9.97 Å². The minimum absolute atomic E-state index is 0.0874. The molecule has 0 aromatic carbocycles. The third-order valence-corrected chi connectivity index (χ3v) is 5.02. The summed E-state index contributed by atoms with van der Waals surface area (Å²) in [4.78, 5) is 10.9. The Morgan fingerprint density at radius 1 is 1.12 bits per heavy atom. The van der Waals surface area contributed by atoms with E-state index in [1.165, 1.54) is 0 Å².